The number of rotatable bonds is 2. The van der Waals surface area contributed by atoms with Crippen molar-refractivity contribution in [2.45, 2.75) is 77.0 Å². The summed E-state index contributed by atoms with van der Waals surface area (Å²) in [5.41, 5.74) is 3.15. The molecule has 0 spiro atoms. The van der Waals surface area contributed by atoms with Crippen molar-refractivity contribution in [3.8, 4) is 0 Å². The molecule has 0 radical (unpaired) electrons. The smallest absolute Gasteiger partial charge is 1.00 e. The van der Waals surface area contributed by atoms with Crippen molar-refractivity contribution in [1.29, 1.82) is 0 Å². The first-order chi connectivity index (χ1) is 10.9. The van der Waals surface area contributed by atoms with E-state index in [0.717, 1.165) is 11.8 Å². The van der Waals surface area contributed by atoms with Gasteiger partial charge in [0.05, 0.1) is 0 Å². The first kappa shape index (κ1) is 25.4. The summed E-state index contributed by atoms with van der Waals surface area (Å²) in [7, 11) is 0. The number of hydrogen-bond donors (Lipinski definition) is 0. The summed E-state index contributed by atoms with van der Waals surface area (Å²) in [6.45, 7) is 0. The van der Waals surface area contributed by atoms with Crippen LogP contribution < -0.4 is 24.8 Å². The molecule has 0 heterocycles. The van der Waals surface area contributed by atoms with Crippen LogP contribution >= 0.6 is 0 Å². The van der Waals surface area contributed by atoms with E-state index >= 15 is 0 Å². The number of allylic oxidation sites excluding steroid dienone is 8. The largest absolute Gasteiger partial charge is 4.00 e. The second-order valence-electron chi connectivity index (χ2n) is 7.22. The van der Waals surface area contributed by atoms with Gasteiger partial charge in [0.15, 0.2) is 0 Å². The summed E-state index contributed by atoms with van der Waals surface area (Å²) in [4.78, 5) is 0. The van der Waals surface area contributed by atoms with Gasteiger partial charge in [0.1, 0.15) is 0 Å². The maximum Gasteiger partial charge on any atom is 4.00 e. The quantitative estimate of drug-likeness (QED) is 0.532. The van der Waals surface area contributed by atoms with E-state index in [2.05, 4.69) is 36.5 Å². The summed E-state index contributed by atoms with van der Waals surface area (Å²) < 4.78 is 0. The molecule has 4 rings (SSSR count). The van der Waals surface area contributed by atoms with Crippen LogP contribution in [0.5, 0.6) is 0 Å². The van der Waals surface area contributed by atoms with E-state index in [1.165, 1.54) is 77.0 Å². The summed E-state index contributed by atoms with van der Waals surface area (Å²) in [6, 6.07) is 0. The normalized spacial score (nSPS) is 22.6. The minimum Gasteiger partial charge on any atom is -1.00 e. The summed E-state index contributed by atoms with van der Waals surface area (Å²) >= 11 is 0. The molecule has 2 saturated carbocycles. The molecule has 0 aromatic carbocycles. The van der Waals surface area contributed by atoms with Crippen LogP contribution in [0.25, 0.3) is 0 Å². The second kappa shape index (κ2) is 14.5. The molecule has 4 aliphatic carbocycles. The molecule has 0 aliphatic heterocycles. The number of hydrogen-bond acceptors (Lipinski definition) is 0. The van der Waals surface area contributed by atoms with E-state index in [1.54, 1.807) is 11.1 Å². The van der Waals surface area contributed by atoms with Gasteiger partial charge in [-0.15, -0.1) is 0 Å². The predicted molar refractivity (Wildman–Crippen MR) is 94.2 cm³/mol. The monoisotopic (exact) mass is 454 g/mol. The molecule has 2 fully saturated rings. The Morgan fingerprint density at radius 2 is 0.960 bits per heavy atom. The molecule has 0 amide bonds. The maximum absolute atomic E-state index is 3.36. The topological polar surface area (TPSA) is 0 Å². The van der Waals surface area contributed by atoms with Crippen molar-refractivity contribution in [2.75, 3.05) is 0 Å². The zero-order valence-corrected chi connectivity index (χ0v) is 19.2. The molecule has 0 nitrogen and oxygen atoms in total. The molecule has 136 valence electrons. The third-order valence-corrected chi connectivity index (χ3v) is 5.64. The van der Waals surface area contributed by atoms with Crippen LogP contribution in [-0.2, 0) is 26.2 Å². The zero-order valence-electron chi connectivity index (χ0n) is 15.2. The van der Waals surface area contributed by atoms with Gasteiger partial charge in [-0.2, -0.15) is 11.1 Å². The Labute approximate surface area is 186 Å². The van der Waals surface area contributed by atoms with Gasteiger partial charge in [0.2, 0.25) is 0 Å². The zero-order chi connectivity index (χ0) is 15.0. The fraction of sp³-hybridized carbons (Fsp3) is 0.636. The Balaban J connectivity index is 0.000000411. The molecule has 0 aromatic rings. The predicted octanol–water partition coefficient (Wildman–Crippen LogP) is 0.518. The Morgan fingerprint density at radius 1 is 0.600 bits per heavy atom. The minimum atomic E-state index is 0. The van der Waals surface area contributed by atoms with Gasteiger partial charge in [-0.25, -0.2) is 24.3 Å². The van der Waals surface area contributed by atoms with Crippen molar-refractivity contribution in [2.24, 2.45) is 11.8 Å². The average molecular weight is 457 g/mol. The van der Waals surface area contributed by atoms with Gasteiger partial charge in [-0.1, -0.05) is 51.4 Å². The van der Waals surface area contributed by atoms with Crippen LogP contribution in [0.1, 0.15) is 77.0 Å². The molecule has 0 bridgehead atoms. The van der Waals surface area contributed by atoms with Gasteiger partial charge < -0.3 is 24.8 Å². The van der Waals surface area contributed by atoms with E-state index in [-0.39, 0.29) is 51.0 Å². The van der Waals surface area contributed by atoms with E-state index in [4.69, 9.17) is 0 Å². The van der Waals surface area contributed by atoms with Crippen molar-refractivity contribution < 1.29 is 51.0 Å². The molecule has 25 heavy (non-hydrogen) atoms. The summed E-state index contributed by atoms with van der Waals surface area (Å²) in [6.07, 6.45) is 32.1. The Bertz CT molecular complexity index is 420. The van der Waals surface area contributed by atoms with Gasteiger partial charge >= 0.3 is 26.2 Å². The van der Waals surface area contributed by atoms with E-state index in [0.29, 0.717) is 0 Å². The van der Waals surface area contributed by atoms with Crippen molar-refractivity contribution in [1.82, 2.24) is 0 Å². The third-order valence-electron chi connectivity index (χ3n) is 5.64. The van der Waals surface area contributed by atoms with E-state index in [9.17, 15) is 0 Å². The molecule has 4 aliphatic rings. The molecule has 0 saturated heterocycles. The molecule has 0 aromatic heterocycles. The molecule has 0 N–H and O–H groups in total. The molecular formula is C22H30Cl2Zr. The number of halogens is 2. The SMILES string of the molecule is [C-]1=C(C2CCCCC2)CC=C1.[C-]1=C(C2CCCCC2)CC=C1.[Cl-].[Cl-].[Zr+4]. The van der Waals surface area contributed by atoms with Crippen molar-refractivity contribution in [3.05, 3.63) is 47.6 Å². The van der Waals surface area contributed by atoms with Gasteiger partial charge in [0, 0.05) is 0 Å². The van der Waals surface area contributed by atoms with Crippen molar-refractivity contribution in [3.63, 3.8) is 0 Å². The fourth-order valence-corrected chi connectivity index (χ4v) is 4.29. The first-order valence-electron chi connectivity index (χ1n) is 9.48. The molecule has 0 atom stereocenters. The Morgan fingerprint density at radius 3 is 1.24 bits per heavy atom. The Kier molecular flexibility index (Phi) is 14.7. The maximum atomic E-state index is 3.36. The minimum absolute atomic E-state index is 0. The van der Waals surface area contributed by atoms with Crippen LogP contribution in [0.15, 0.2) is 35.5 Å². The van der Waals surface area contributed by atoms with Crippen LogP contribution in [0.3, 0.4) is 0 Å². The standard InChI is InChI=1S/2C11H15.2ClH.Zr/c2*1-2-6-10(7-3-1)11-8-4-5-9-11;;;/h2*4-5,10H,1-3,6-8H2;2*1H;/q2*-1;;;+4/p-2. The first-order valence-corrected chi connectivity index (χ1v) is 9.48. The summed E-state index contributed by atoms with van der Waals surface area (Å²) in [5, 5.41) is 0. The van der Waals surface area contributed by atoms with E-state index < -0.39 is 0 Å². The van der Waals surface area contributed by atoms with Gasteiger partial charge in [-0.3, -0.25) is 12.2 Å². The molecular weight excluding hydrogens is 426 g/mol. The molecule has 3 heteroatoms. The fourth-order valence-electron chi connectivity index (χ4n) is 4.29. The molecule has 0 unspecified atom stereocenters. The Hall–Kier alpha value is 0.423. The van der Waals surface area contributed by atoms with Crippen molar-refractivity contribution >= 4 is 0 Å². The van der Waals surface area contributed by atoms with Gasteiger partial charge in [0.25, 0.3) is 0 Å². The second-order valence-corrected chi connectivity index (χ2v) is 7.22. The average Bonchev–Trinajstić information content (AvgIpc) is 3.31. The van der Waals surface area contributed by atoms with Crippen LogP contribution in [0.2, 0.25) is 0 Å². The third kappa shape index (κ3) is 8.32. The van der Waals surface area contributed by atoms with Gasteiger partial charge in [-0.05, 0) is 37.5 Å². The van der Waals surface area contributed by atoms with Crippen LogP contribution in [-0.4, -0.2) is 0 Å². The summed E-state index contributed by atoms with van der Waals surface area (Å²) in [5.74, 6) is 1.78. The van der Waals surface area contributed by atoms with E-state index in [1.807, 2.05) is 0 Å². The van der Waals surface area contributed by atoms with Crippen LogP contribution in [0.4, 0.5) is 0 Å². The van der Waals surface area contributed by atoms with Crippen LogP contribution in [0, 0.1) is 24.0 Å².